The fourth-order valence-corrected chi connectivity index (χ4v) is 1.47. The molecule has 0 saturated carbocycles. The van der Waals surface area contributed by atoms with Gasteiger partial charge in [0, 0.05) is 13.7 Å². The van der Waals surface area contributed by atoms with Crippen LogP contribution >= 0.6 is 0 Å². The van der Waals surface area contributed by atoms with Crippen molar-refractivity contribution < 1.29 is 19.1 Å². The van der Waals surface area contributed by atoms with Crippen LogP contribution in [-0.2, 0) is 25.6 Å². The Kier molecular flexibility index (Phi) is 5.87. The molecule has 0 fully saturated rings. The predicted molar refractivity (Wildman–Crippen MR) is 65.8 cm³/mol. The van der Waals surface area contributed by atoms with Gasteiger partial charge in [0.25, 0.3) is 0 Å². The van der Waals surface area contributed by atoms with Crippen LogP contribution in [0, 0.1) is 0 Å². The van der Waals surface area contributed by atoms with Crippen LogP contribution in [0.15, 0.2) is 30.3 Å². The number of hydrogen-bond donors (Lipinski definition) is 0. The van der Waals surface area contributed by atoms with Gasteiger partial charge >= 0.3 is 5.97 Å². The summed E-state index contributed by atoms with van der Waals surface area (Å²) in [6, 6.07) is 9.44. The molecule has 1 aromatic rings. The summed E-state index contributed by atoms with van der Waals surface area (Å²) in [5, 5.41) is 0. The van der Waals surface area contributed by atoms with Crippen molar-refractivity contribution in [2.45, 2.75) is 6.54 Å². The molecule has 18 heavy (non-hydrogen) atoms. The summed E-state index contributed by atoms with van der Waals surface area (Å²) < 4.78 is 9.37. The summed E-state index contributed by atoms with van der Waals surface area (Å²) >= 11 is 0. The SMILES string of the molecule is COCC(=O)N(CC(=O)OC)Cc1ccccc1. The first kappa shape index (κ1) is 14.2. The number of carbonyl (C=O) groups excluding carboxylic acids is 2. The summed E-state index contributed by atoms with van der Waals surface area (Å²) in [4.78, 5) is 24.5. The standard InChI is InChI=1S/C13H17NO4/c1-17-10-12(15)14(9-13(16)18-2)8-11-6-4-3-5-7-11/h3-7H,8-10H2,1-2H3. The van der Waals surface area contributed by atoms with Crippen LogP contribution in [0.2, 0.25) is 0 Å². The Morgan fingerprint density at radius 3 is 2.39 bits per heavy atom. The second kappa shape index (κ2) is 7.45. The van der Waals surface area contributed by atoms with E-state index < -0.39 is 5.97 Å². The second-order valence-electron chi connectivity index (χ2n) is 3.74. The summed E-state index contributed by atoms with van der Waals surface area (Å²) in [7, 11) is 2.74. The van der Waals surface area contributed by atoms with Crippen LogP contribution in [-0.4, -0.2) is 44.1 Å². The van der Waals surface area contributed by atoms with Crippen molar-refractivity contribution in [3.63, 3.8) is 0 Å². The van der Waals surface area contributed by atoms with Gasteiger partial charge in [0.2, 0.25) is 5.91 Å². The number of hydrogen-bond acceptors (Lipinski definition) is 4. The van der Waals surface area contributed by atoms with E-state index in [9.17, 15) is 9.59 Å². The minimum absolute atomic E-state index is 0.0518. The van der Waals surface area contributed by atoms with E-state index in [1.807, 2.05) is 30.3 Å². The molecule has 0 aromatic heterocycles. The molecule has 0 heterocycles. The Hall–Kier alpha value is -1.88. The number of ether oxygens (including phenoxy) is 2. The van der Waals surface area contributed by atoms with Crippen LogP contribution < -0.4 is 0 Å². The van der Waals surface area contributed by atoms with E-state index >= 15 is 0 Å². The highest BCUT2D eigenvalue weighted by Gasteiger charge is 2.17. The van der Waals surface area contributed by atoms with E-state index in [0.717, 1.165) is 5.56 Å². The first-order chi connectivity index (χ1) is 8.67. The number of carbonyl (C=O) groups is 2. The highest BCUT2D eigenvalue weighted by molar-refractivity contribution is 5.82. The fourth-order valence-electron chi connectivity index (χ4n) is 1.47. The molecule has 1 aromatic carbocycles. The maximum atomic E-state index is 11.8. The minimum Gasteiger partial charge on any atom is -0.468 e. The van der Waals surface area contributed by atoms with Gasteiger partial charge < -0.3 is 14.4 Å². The molecule has 1 amide bonds. The Morgan fingerprint density at radius 1 is 1.17 bits per heavy atom. The molecular weight excluding hydrogens is 234 g/mol. The third kappa shape index (κ3) is 4.55. The summed E-state index contributed by atoms with van der Waals surface area (Å²) in [6.45, 7) is 0.232. The van der Waals surface area contributed by atoms with Crippen LogP contribution in [0.4, 0.5) is 0 Å². The van der Waals surface area contributed by atoms with Gasteiger partial charge in [0.1, 0.15) is 13.2 Å². The second-order valence-corrected chi connectivity index (χ2v) is 3.74. The number of nitrogens with zero attached hydrogens (tertiary/aromatic N) is 1. The lowest BCUT2D eigenvalue weighted by atomic mass is 10.2. The molecule has 0 unspecified atom stereocenters. The van der Waals surface area contributed by atoms with Crippen molar-refractivity contribution in [3.8, 4) is 0 Å². The maximum absolute atomic E-state index is 11.8. The van der Waals surface area contributed by atoms with Gasteiger partial charge in [0.05, 0.1) is 7.11 Å². The molecule has 0 bridgehead atoms. The Balaban J connectivity index is 2.71. The van der Waals surface area contributed by atoms with E-state index in [1.165, 1.54) is 19.1 Å². The van der Waals surface area contributed by atoms with Crippen LogP contribution in [0.3, 0.4) is 0 Å². The molecule has 98 valence electrons. The van der Waals surface area contributed by atoms with Crippen LogP contribution in [0.25, 0.3) is 0 Å². The number of esters is 1. The molecule has 0 N–H and O–H groups in total. The zero-order chi connectivity index (χ0) is 13.4. The number of benzene rings is 1. The molecule has 0 saturated heterocycles. The Labute approximate surface area is 106 Å². The Bertz CT molecular complexity index is 391. The zero-order valence-electron chi connectivity index (χ0n) is 10.6. The average molecular weight is 251 g/mol. The smallest absolute Gasteiger partial charge is 0.325 e. The van der Waals surface area contributed by atoms with Gasteiger partial charge in [-0.3, -0.25) is 9.59 Å². The van der Waals surface area contributed by atoms with Crippen molar-refractivity contribution >= 4 is 11.9 Å². The highest BCUT2D eigenvalue weighted by atomic mass is 16.5. The zero-order valence-corrected chi connectivity index (χ0v) is 10.6. The lowest BCUT2D eigenvalue weighted by Crippen LogP contribution is -2.37. The van der Waals surface area contributed by atoms with E-state index in [-0.39, 0.29) is 19.1 Å². The first-order valence-corrected chi connectivity index (χ1v) is 5.54. The summed E-state index contributed by atoms with van der Waals surface area (Å²) in [5.41, 5.74) is 0.950. The molecule has 5 nitrogen and oxygen atoms in total. The number of amides is 1. The molecule has 5 heteroatoms. The van der Waals surface area contributed by atoms with Crippen LogP contribution in [0.5, 0.6) is 0 Å². The van der Waals surface area contributed by atoms with Gasteiger partial charge in [-0.15, -0.1) is 0 Å². The molecular formula is C13H17NO4. The van der Waals surface area contributed by atoms with Gasteiger partial charge in [-0.25, -0.2) is 0 Å². The number of rotatable bonds is 6. The van der Waals surface area contributed by atoms with Crippen molar-refractivity contribution in [2.24, 2.45) is 0 Å². The van der Waals surface area contributed by atoms with E-state index in [4.69, 9.17) is 4.74 Å². The van der Waals surface area contributed by atoms with E-state index in [0.29, 0.717) is 6.54 Å². The van der Waals surface area contributed by atoms with E-state index in [1.54, 1.807) is 0 Å². The lowest BCUT2D eigenvalue weighted by molar-refractivity contribution is -0.148. The topological polar surface area (TPSA) is 55.8 Å². The molecule has 1 rings (SSSR count). The third-order valence-electron chi connectivity index (χ3n) is 2.38. The van der Waals surface area contributed by atoms with Gasteiger partial charge in [-0.1, -0.05) is 30.3 Å². The molecule has 0 atom stereocenters. The summed E-state index contributed by atoms with van der Waals surface area (Å²) in [6.07, 6.45) is 0. The highest BCUT2D eigenvalue weighted by Crippen LogP contribution is 2.05. The lowest BCUT2D eigenvalue weighted by Gasteiger charge is -2.21. The maximum Gasteiger partial charge on any atom is 0.325 e. The van der Waals surface area contributed by atoms with Gasteiger partial charge in [0.15, 0.2) is 0 Å². The summed E-state index contributed by atoms with van der Waals surface area (Å²) in [5.74, 6) is -0.692. The Morgan fingerprint density at radius 2 is 1.83 bits per heavy atom. The first-order valence-electron chi connectivity index (χ1n) is 5.54. The molecule has 0 radical (unpaired) electrons. The molecule has 0 spiro atoms. The van der Waals surface area contributed by atoms with E-state index in [2.05, 4.69) is 4.74 Å². The molecule has 0 aliphatic rings. The van der Waals surface area contributed by atoms with Crippen LogP contribution in [0.1, 0.15) is 5.56 Å². The van der Waals surface area contributed by atoms with Crippen molar-refractivity contribution in [2.75, 3.05) is 27.4 Å². The monoisotopic (exact) mass is 251 g/mol. The quantitative estimate of drug-likeness (QED) is 0.703. The molecule has 0 aliphatic heterocycles. The normalized spacial score (nSPS) is 9.89. The minimum atomic E-state index is -0.449. The third-order valence-corrected chi connectivity index (χ3v) is 2.38. The van der Waals surface area contributed by atoms with Crippen molar-refractivity contribution in [3.05, 3.63) is 35.9 Å². The fraction of sp³-hybridized carbons (Fsp3) is 0.385. The predicted octanol–water partition coefficient (Wildman–Crippen LogP) is 0.835. The average Bonchev–Trinajstić information content (AvgIpc) is 2.39. The van der Waals surface area contributed by atoms with Gasteiger partial charge in [-0.05, 0) is 5.56 Å². The van der Waals surface area contributed by atoms with Gasteiger partial charge in [-0.2, -0.15) is 0 Å². The molecule has 0 aliphatic carbocycles. The largest absolute Gasteiger partial charge is 0.468 e. The van der Waals surface area contributed by atoms with Crippen molar-refractivity contribution in [1.29, 1.82) is 0 Å². The number of methoxy groups -OCH3 is 2. The van der Waals surface area contributed by atoms with Crippen molar-refractivity contribution in [1.82, 2.24) is 4.90 Å².